The number of amides is 1. The van der Waals surface area contributed by atoms with Gasteiger partial charge in [-0.2, -0.15) is 5.10 Å². The number of piperazine rings is 1. The number of carbonyl (C=O) groups excluding carboxylic acids is 1. The zero-order chi connectivity index (χ0) is 18.8. The minimum Gasteiger partial charge on any atom is -0.353 e. The van der Waals surface area contributed by atoms with Crippen LogP contribution in [0.4, 0.5) is 5.82 Å². The summed E-state index contributed by atoms with van der Waals surface area (Å²) in [6.45, 7) is 2.48. The number of aromatic nitrogens is 4. The molecule has 138 valence electrons. The SMILES string of the molecule is O=C(c1cc(Cl)ccc1Cl)N1CCN(c2cc(-n3cccn3)ncn2)CC1. The zero-order valence-corrected chi connectivity index (χ0v) is 15.8. The zero-order valence-electron chi connectivity index (χ0n) is 14.3. The van der Waals surface area contributed by atoms with Crippen molar-refractivity contribution in [3.63, 3.8) is 0 Å². The fourth-order valence-corrected chi connectivity index (χ4v) is 3.38. The summed E-state index contributed by atoms with van der Waals surface area (Å²) in [6, 6.07) is 8.65. The van der Waals surface area contributed by atoms with Crippen LogP contribution < -0.4 is 4.90 Å². The van der Waals surface area contributed by atoms with Gasteiger partial charge in [0.1, 0.15) is 12.1 Å². The largest absolute Gasteiger partial charge is 0.353 e. The van der Waals surface area contributed by atoms with Crippen molar-refractivity contribution in [1.82, 2.24) is 24.6 Å². The van der Waals surface area contributed by atoms with Crippen molar-refractivity contribution in [2.45, 2.75) is 0 Å². The van der Waals surface area contributed by atoms with E-state index in [0.29, 0.717) is 47.6 Å². The maximum Gasteiger partial charge on any atom is 0.255 e. The lowest BCUT2D eigenvalue weighted by Crippen LogP contribution is -2.49. The van der Waals surface area contributed by atoms with Gasteiger partial charge < -0.3 is 9.80 Å². The van der Waals surface area contributed by atoms with E-state index in [4.69, 9.17) is 23.2 Å². The number of carbonyl (C=O) groups is 1. The maximum absolute atomic E-state index is 12.8. The number of nitrogens with zero attached hydrogens (tertiary/aromatic N) is 6. The molecule has 7 nitrogen and oxygen atoms in total. The van der Waals surface area contributed by atoms with Crippen LogP contribution in [-0.2, 0) is 0 Å². The first-order valence-electron chi connectivity index (χ1n) is 8.43. The van der Waals surface area contributed by atoms with Gasteiger partial charge in [-0.15, -0.1) is 0 Å². The van der Waals surface area contributed by atoms with E-state index in [-0.39, 0.29) is 5.91 Å². The number of halogens is 2. The number of hydrogen-bond acceptors (Lipinski definition) is 5. The predicted molar refractivity (Wildman–Crippen MR) is 104 cm³/mol. The molecule has 1 fully saturated rings. The quantitative estimate of drug-likeness (QED) is 0.673. The Morgan fingerprint density at radius 3 is 2.52 bits per heavy atom. The molecule has 0 saturated carbocycles. The van der Waals surface area contributed by atoms with Gasteiger partial charge in [0.15, 0.2) is 5.82 Å². The fraction of sp³-hybridized carbons (Fsp3) is 0.222. The number of benzene rings is 1. The molecule has 1 aliphatic rings. The first kappa shape index (κ1) is 17.8. The first-order valence-corrected chi connectivity index (χ1v) is 9.19. The van der Waals surface area contributed by atoms with Gasteiger partial charge in [-0.05, 0) is 24.3 Å². The van der Waals surface area contributed by atoms with Crippen molar-refractivity contribution >= 4 is 34.9 Å². The van der Waals surface area contributed by atoms with E-state index >= 15 is 0 Å². The summed E-state index contributed by atoms with van der Waals surface area (Å²) in [5.41, 5.74) is 0.431. The topological polar surface area (TPSA) is 67.2 Å². The predicted octanol–water partition coefficient (Wildman–Crippen LogP) is 2.93. The summed E-state index contributed by atoms with van der Waals surface area (Å²) < 4.78 is 1.69. The van der Waals surface area contributed by atoms with E-state index in [1.54, 1.807) is 34.0 Å². The molecule has 4 rings (SSSR count). The molecule has 0 atom stereocenters. The highest BCUT2D eigenvalue weighted by molar-refractivity contribution is 6.35. The van der Waals surface area contributed by atoms with Crippen LogP contribution in [0.15, 0.2) is 49.1 Å². The molecule has 3 aromatic rings. The molecule has 1 aromatic carbocycles. The molecule has 1 saturated heterocycles. The molecule has 0 radical (unpaired) electrons. The first-order chi connectivity index (χ1) is 13.1. The molecule has 27 heavy (non-hydrogen) atoms. The normalized spacial score (nSPS) is 14.4. The van der Waals surface area contributed by atoms with Crippen LogP contribution in [0.1, 0.15) is 10.4 Å². The standard InChI is InChI=1S/C18H16Cl2N6O/c19-13-2-3-15(20)14(10-13)18(27)25-8-6-24(7-9-25)16-11-17(22-12-21-16)26-5-1-4-23-26/h1-5,10-12H,6-9H2. The van der Waals surface area contributed by atoms with Crippen LogP contribution in [0, 0.1) is 0 Å². The maximum atomic E-state index is 12.8. The second kappa shape index (κ2) is 7.54. The smallest absolute Gasteiger partial charge is 0.255 e. The highest BCUT2D eigenvalue weighted by atomic mass is 35.5. The average Bonchev–Trinajstić information content (AvgIpc) is 3.24. The Balaban J connectivity index is 1.45. The van der Waals surface area contributed by atoms with Gasteiger partial charge >= 0.3 is 0 Å². The van der Waals surface area contributed by atoms with Gasteiger partial charge in [-0.1, -0.05) is 23.2 Å². The molecule has 0 spiro atoms. The molecule has 1 aliphatic heterocycles. The number of anilines is 1. The van der Waals surface area contributed by atoms with Crippen LogP contribution in [0.25, 0.3) is 5.82 Å². The Bertz CT molecular complexity index is 954. The van der Waals surface area contributed by atoms with Crippen LogP contribution >= 0.6 is 23.2 Å². The highest BCUT2D eigenvalue weighted by Crippen LogP contribution is 2.23. The van der Waals surface area contributed by atoms with Gasteiger partial charge in [-0.3, -0.25) is 4.79 Å². The third kappa shape index (κ3) is 3.74. The second-order valence-corrected chi connectivity index (χ2v) is 6.93. The van der Waals surface area contributed by atoms with E-state index in [9.17, 15) is 4.79 Å². The molecule has 0 bridgehead atoms. The highest BCUT2D eigenvalue weighted by Gasteiger charge is 2.24. The lowest BCUT2D eigenvalue weighted by Gasteiger charge is -2.35. The summed E-state index contributed by atoms with van der Waals surface area (Å²) in [6.07, 6.45) is 5.06. The second-order valence-electron chi connectivity index (χ2n) is 6.09. The number of hydrogen-bond donors (Lipinski definition) is 0. The van der Waals surface area contributed by atoms with Crippen molar-refractivity contribution in [2.75, 3.05) is 31.1 Å². The van der Waals surface area contributed by atoms with E-state index < -0.39 is 0 Å². The molecule has 0 aliphatic carbocycles. The van der Waals surface area contributed by atoms with E-state index in [1.807, 2.05) is 18.3 Å². The van der Waals surface area contributed by atoms with Crippen LogP contribution in [-0.4, -0.2) is 56.7 Å². The van der Waals surface area contributed by atoms with Crippen LogP contribution in [0.2, 0.25) is 10.0 Å². The molecule has 9 heteroatoms. The molecule has 1 amide bonds. The monoisotopic (exact) mass is 402 g/mol. The van der Waals surface area contributed by atoms with Gasteiger partial charge in [0, 0.05) is 49.7 Å². The van der Waals surface area contributed by atoms with Crippen molar-refractivity contribution in [3.8, 4) is 5.82 Å². The van der Waals surface area contributed by atoms with Crippen molar-refractivity contribution in [1.29, 1.82) is 0 Å². The third-order valence-electron chi connectivity index (χ3n) is 4.43. The molecule has 0 N–H and O–H groups in total. The van der Waals surface area contributed by atoms with Crippen molar-refractivity contribution < 1.29 is 4.79 Å². The molecule has 2 aromatic heterocycles. The third-order valence-corrected chi connectivity index (χ3v) is 4.99. The Morgan fingerprint density at radius 2 is 1.78 bits per heavy atom. The number of rotatable bonds is 3. The van der Waals surface area contributed by atoms with Gasteiger partial charge in [0.05, 0.1) is 10.6 Å². The summed E-state index contributed by atoms with van der Waals surface area (Å²) in [5, 5.41) is 5.09. The van der Waals surface area contributed by atoms with Crippen LogP contribution in [0.5, 0.6) is 0 Å². The summed E-state index contributed by atoms with van der Waals surface area (Å²) in [7, 11) is 0. The molecule has 0 unspecified atom stereocenters. The van der Waals surface area contributed by atoms with E-state index in [2.05, 4.69) is 20.0 Å². The van der Waals surface area contributed by atoms with Gasteiger partial charge in [-0.25, -0.2) is 14.6 Å². The molecule has 3 heterocycles. The van der Waals surface area contributed by atoms with Crippen molar-refractivity contribution in [2.24, 2.45) is 0 Å². The van der Waals surface area contributed by atoms with E-state index in [1.165, 1.54) is 6.33 Å². The summed E-state index contributed by atoms with van der Waals surface area (Å²) in [4.78, 5) is 25.3. The van der Waals surface area contributed by atoms with Gasteiger partial charge in [0.25, 0.3) is 5.91 Å². The van der Waals surface area contributed by atoms with E-state index in [0.717, 1.165) is 5.82 Å². The minimum absolute atomic E-state index is 0.109. The van der Waals surface area contributed by atoms with Crippen molar-refractivity contribution in [3.05, 3.63) is 64.7 Å². The molecular weight excluding hydrogens is 387 g/mol. The Kier molecular flexibility index (Phi) is 4.96. The summed E-state index contributed by atoms with van der Waals surface area (Å²) in [5.74, 6) is 1.40. The lowest BCUT2D eigenvalue weighted by molar-refractivity contribution is 0.0746. The lowest BCUT2D eigenvalue weighted by atomic mass is 10.1. The average molecular weight is 403 g/mol. The summed E-state index contributed by atoms with van der Waals surface area (Å²) >= 11 is 12.2. The minimum atomic E-state index is -0.109. The fourth-order valence-electron chi connectivity index (χ4n) is 3.01. The van der Waals surface area contributed by atoms with Gasteiger partial charge in [0.2, 0.25) is 0 Å². The molecular formula is C18H16Cl2N6O. The Labute approximate surface area is 166 Å². The van der Waals surface area contributed by atoms with Crippen LogP contribution in [0.3, 0.4) is 0 Å². The Hall–Kier alpha value is -2.64. The Morgan fingerprint density at radius 1 is 1.00 bits per heavy atom.